The van der Waals surface area contributed by atoms with Crippen molar-refractivity contribution in [1.82, 2.24) is 4.98 Å². The number of aromatic nitrogens is 1. The van der Waals surface area contributed by atoms with E-state index in [9.17, 15) is 4.79 Å². The maximum absolute atomic E-state index is 10.8. The summed E-state index contributed by atoms with van der Waals surface area (Å²) in [6.07, 6.45) is 6.57. The van der Waals surface area contributed by atoms with Gasteiger partial charge in [-0.25, -0.2) is 0 Å². The molecule has 1 fully saturated rings. The van der Waals surface area contributed by atoms with Crippen molar-refractivity contribution in [2.24, 2.45) is 5.92 Å². The van der Waals surface area contributed by atoms with E-state index in [0.29, 0.717) is 12.8 Å². The zero-order valence-corrected chi connectivity index (χ0v) is 9.00. The first-order valence-corrected chi connectivity index (χ1v) is 5.55. The predicted octanol–water partition coefficient (Wildman–Crippen LogP) is 2.10. The van der Waals surface area contributed by atoms with Crippen LogP contribution >= 0.6 is 0 Å². The fourth-order valence-corrected chi connectivity index (χ4v) is 2.04. The van der Waals surface area contributed by atoms with Gasteiger partial charge in [0.25, 0.3) is 0 Å². The number of aliphatic carboxylic acids is 1. The monoisotopic (exact) mass is 221 g/mol. The van der Waals surface area contributed by atoms with E-state index in [0.717, 1.165) is 18.6 Å². The van der Waals surface area contributed by atoms with Gasteiger partial charge in [-0.3, -0.25) is 9.78 Å². The van der Waals surface area contributed by atoms with Crippen LogP contribution in [0.1, 0.15) is 25.7 Å². The van der Waals surface area contributed by atoms with Gasteiger partial charge in [-0.1, -0.05) is 0 Å². The Morgan fingerprint density at radius 1 is 1.38 bits per heavy atom. The Morgan fingerprint density at radius 3 is 2.69 bits per heavy atom. The molecular formula is C12H15NO3. The maximum Gasteiger partial charge on any atom is 0.306 e. The number of carbonyl (C=O) groups is 1. The molecule has 1 saturated carbocycles. The van der Waals surface area contributed by atoms with Crippen LogP contribution in [0.25, 0.3) is 0 Å². The summed E-state index contributed by atoms with van der Waals surface area (Å²) in [6, 6.07) is 3.70. The first kappa shape index (κ1) is 10.9. The Balaban J connectivity index is 1.84. The quantitative estimate of drug-likeness (QED) is 0.849. The number of carboxylic acids is 1. The Bertz CT molecular complexity index is 345. The van der Waals surface area contributed by atoms with Crippen LogP contribution in [0.3, 0.4) is 0 Å². The van der Waals surface area contributed by atoms with Gasteiger partial charge in [-0.05, 0) is 37.8 Å². The van der Waals surface area contributed by atoms with E-state index < -0.39 is 5.97 Å². The third kappa shape index (κ3) is 2.72. The molecule has 0 spiro atoms. The summed E-state index contributed by atoms with van der Waals surface area (Å²) >= 11 is 0. The molecule has 0 aromatic carbocycles. The van der Waals surface area contributed by atoms with E-state index in [4.69, 9.17) is 9.84 Å². The van der Waals surface area contributed by atoms with Gasteiger partial charge >= 0.3 is 5.97 Å². The van der Waals surface area contributed by atoms with Gasteiger partial charge in [-0.15, -0.1) is 0 Å². The molecule has 0 unspecified atom stereocenters. The van der Waals surface area contributed by atoms with Crippen LogP contribution in [0.2, 0.25) is 0 Å². The lowest BCUT2D eigenvalue weighted by Crippen LogP contribution is -2.27. The number of nitrogens with zero attached hydrogens (tertiary/aromatic N) is 1. The van der Waals surface area contributed by atoms with E-state index in [2.05, 4.69) is 4.98 Å². The fourth-order valence-electron chi connectivity index (χ4n) is 2.04. The number of ether oxygens (including phenoxy) is 1. The minimum Gasteiger partial charge on any atom is -0.489 e. The first-order chi connectivity index (χ1) is 7.75. The summed E-state index contributed by atoms with van der Waals surface area (Å²) in [4.78, 5) is 14.7. The van der Waals surface area contributed by atoms with Crippen molar-refractivity contribution in [3.05, 3.63) is 24.5 Å². The van der Waals surface area contributed by atoms with E-state index in [1.807, 2.05) is 12.1 Å². The summed E-state index contributed by atoms with van der Waals surface area (Å²) in [5, 5.41) is 8.86. The molecule has 1 heterocycles. The van der Waals surface area contributed by atoms with E-state index >= 15 is 0 Å². The van der Waals surface area contributed by atoms with Gasteiger partial charge in [0.05, 0.1) is 18.2 Å². The van der Waals surface area contributed by atoms with Gasteiger partial charge < -0.3 is 9.84 Å². The summed E-state index contributed by atoms with van der Waals surface area (Å²) in [5.74, 6) is -0.102. The molecule has 0 aliphatic heterocycles. The lowest BCUT2D eigenvalue weighted by molar-refractivity contribution is -0.143. The van der Waals surface area contributed by atoms with Crippen molar-refractivity contribution in [1.29, 1.82) is 0 Å². The van der Waals surface area contributed by atoms with Crippen molar-refractivity contribution in [3.8, 4) is 5.75 Å². The Kier molecular flexibility index (Phi) is 3.39. The molecule has 86 valence electrons. The molecular weight excluding hydrogens is 206 g/mol. The lowest BCUT2D eigenvalue weighted by Gasteiger charge is -2.26. The zero-order valence-electron chi connectivity index (χ0n) is 9.00. The summed E-state index contributed by atoms with van der Waals surface area (Å²) < 4.78 is 5.73. The summed E-state index contributed by atoms with van der Waals surface area (Å²) in [7, 11) is 0. The number of pyridine rings is 1. The fraction of sp³-hybridized carbons (Fsp3) is 0.500. The standard InChI is InChI=1S/C12H15NO3/c14-12(15)9-3-5-10(6-4-9)16-11-2-1-7-13-8-11/h1-2,7-10H,3-6H2,(H,14,15). The molecule has 4 nitrogen and oxygen atoms in total. The molecule has 2 rings (SSSR count). The average Bonchev–Trinajstić information content (AvgIpc) is 2.31. The van der Waals surface area contributed by atoms with Gasteiger partial charge in [-0.2, -0.15) is 0 Å². The molecule has 1 N–H and O–H groups in total. The topological polar surface area (TPSA) is 59.4 Å². The SMILES string of the molecule is O=C(O)C1CCC(Oc2cccnc2)CC1. The van der Waals surface area contributed by atoms with Crippen molar-refractivity contribution in [3.63, 3.8) is 0 Å². The largest absolute Gasteiger partial charge is 0.489 e. The molecule has 0 atom stereocenters. The molecule has 0 amide bonds. The minimum atomic E-state index is -0.681. The van der Waals surface area contributed by atoms with Crippen molar-refractivity contribution in [2.75, 3.05) is 0 Å². The second kappa shape index (κ2) is 4.96. The van der Waals surface area contributed by atoms with Crippen LogP contribution in [-0.2, 0) is 4.79 Å². The van der Waals surface area contributed by atoms with E-state index in [-0.39, 0.29) is 12.0 Å². The third-order valence-corrected chi connectivity index (χ3v) is 2.96. The highest BCUT2D eigenvalue weighted by Crippen LogP contribution is 2.27. The molecule has 1 aliphatic carbocycles. The van der Waals surface area contributed by atoms with Crippen LogP contribution < -0.4 is 4.74 Å². The molecule has 0 bridgehead atoms. The number of hydrogen-bond acceptors (Lipinski definition) is 3. The van der Waals surface area contributed by atoms with E-state index in [1.54, 1.807) is 12.4 Å². The van der Waals surface area contributed by atoms with Gasteiger partial charge in [0, 0.05) is 6.20 Å². The smallest absolute Gasteiger partial charge is 0.306 e. The van der Waals surface area contributed by atoms with Crippen molar-refractivity contribution < 1.29 is 14.6 Å². The van der Waals surface area contributed by atoms with E-state index in [1.165, 1.54) is 0 Å². The van der Waals surface area contributed by atoms with Crippen molar-refractivity contribution in [2.45, 2.75) is 31.8 Å². The minimum absolute atomic E-state index is 0.139. The van der Waals surface area contributed by atoms with Gasteiger partial charge in [0.2, 0.25) is 0 Å². The first-order valence-electron chi connectivity index (χ1n) is 5.55. The molecule has 0 radical (unpaired) electrons. The molecule has 4 heteroatoms. The second-order valence-electron chi connectivity index (χ2n) is 4.12. The summed E-state index contributed by atoms with van der Waals surface area (Å²) in [6.45, 7) is 0. The Labute approximate surface area is 94.3 Å². The Hall–Kier alpha value is -1.58. The molecule has 16 heavy (non-hydrogen) atoms. The number of carboxylic acid groups (broad SMARTS) is 1. The Morgan fingerprint density at radius 2 is 2.12 bits per heavy atom. The molecule has 1 aliphatic rings. The second-order valence-corrected chi connectivity index (χ2v) is 4.12. The normalized spacial score (nSPS) is 25.0. The highest BCUT2D eigenvalue weighted by molar-refractivity contribution is 5.70. The molecule has 1 aromatic rings. The predicted molar refractivity (Wildman–Crippen MR) is 58.2 cm³/mol. The van der Waals surface area contributed by atoms with Gasteiger partial charge in [0.15, 0.2) is 0 Å². The number of hydrogen-bond donors (Lipinski definition) is 1. The average molecular weight is 221 g/mol. The lowest BCUT2D eigenvalue weighted by atomic mass is 9.87. The highest BCUT2D eigenvalue weighted by atomic mass is 16.5. The van der Waals surface area contributed by atoms with Gasteiger partial charge in [0.1, 0.15) is 5.75 Å². The van der Waals surface area contributed by atoms with Crippen LogP contribution in [0, 0.1) is 5.92 Å². The van der Waals surface area contributed by atoms with Crippen LogP contribution in [-0.4, -0.2) is 22.2 Å². The zero-order chi connectivity index (χ0) is 11.4. The highest BCUT2D eigenvalue weighted by Gasteiger charge is 2.26. The molecule has 0 saturated heterocycles. The third-order valence-electron chi connectivity index (χ3n) is 2.96. The maximum atomic E-state index is 10.8. The van der Waals surface area contributed by atoms with Crippen molar-refractivity contribution >= 4 is 5.97 Å². The van der Waals surface area contributed by atoms with Crippen LogP contribution in [0.5, 0.6) is 5.75 Å². The molecule has 1 aromatic heterocycles. The number of rotatable bonds is 3. The van der Waals surface area contributed by atoms with Crippen LogP contribution in [0.4, 0.5) is 0 Å². The van der Waals surface area contributed by atoms with Crippen LogP contribution in [0.15, 0.2) is 24.5 Å². The summed E-state index contributed by atoms with van der Waals surface area (Å²) in [5.41, 5.74) is 0.